The van der Waals surface area contributed by atoms with Crippen LogP contribution in [0.2, 0.25) is 0 Å². The van der Waals surface area contributed by atoms with Crippen LogP contribution in [0.4, 0.5) is 10.1 Å². The lowest BCUT2D eigenvalue weighted by atomic mass is 10.1. The molecule has 2 fully saturated rings. The SMILES string of the molecule is CCN1C(=O)/C(=C\c2ccc(OCc3ccc(F)cc3)cc2)SC1=Nc1cccc(C(=O)N2CCOCC2)c1. The first-order valence-electron chi connectivity index (χ1n) is 12.7. The van der Waals surface area contributed by atoms with E-state index >= 15 is 0 Å². The number of benzene rings is 3. The standard InChI is InChI=1S/C30H28FN3O4S/c1-2-34-29(36)27(18-21-8-12-26(13-9-21)38-20-22-6-10-24(31)11-7-22)39-30(34)32-25-5-3-4-23(19-25)28(35)33-14-16-37-17-15-33/h3-13,18-19H,2,14-17,20H2,1H3/b27-18+,32-30?. The zero-order valence-electron chi connectivity index (χ0n) is 21.5. The molecule has 2 heterocycles. The van der Waals surface area contributed by atoms with Crippen molar-refractivity contribution in [3.63, 3.8) is 0 Å². The van der Waals surface area contributed by atoms with Gasteiger partial charge in [-0.3, -0.25) is 14.5 Å². The number of amidine groups is 1. The predicted molar refractivity (Wildman–Crippen MR) is 150 cm³/mol. The number of morpholine rings is 1. The molecule has 0 spiro atoms. The van der Waals surface area contributed by atoms with Crippen molar-refractivity contribution in [1.82, 2.24) is 9.80 Å². The van der Waals surface area contributed by atoms with Crippen LogP contribution < -0.4 is 4.74 Å². The molecule has 0 aliphatic carbocycles. The number of ether oxygens (including phenoxy) is 2. The van der Waals surface area contributed by atoms with Crippen LogP contribution in [0.25, 0.3) is 6.08 Å². The molecule has 0 saturated carbocycles. The van der Waals surface area contributed by atoms with Crippen LogP contribution in [-0.4, -0.2) is 59.6 Å². The molecule has 2 saturated heterocycles. The van der Waals surface area contributed by atoms with Crippen molar-refractivity contribution in [2.45, 2.75) is 13.5 Å². The van der Waals surface area contributed by atoms with Gasteiger partial charge in [0.05, 0.1) is 23.8 Å². The summed E-state index contributed by atoms with van der Waals surface area (Å²) in [4.78, 5) is 34.7. The Morgan fingerprint density at radius 2 is 1.82 bits per heavy atom. The number of carbonyl (C=O) groups is 2. The maximum Gasteiger partial charge on any atom is 0.266 e. The Hall–Kier alpha value is -3.95. The lowest BCUT2D eigenvalue weighted by molar-refractivity contribution is -0.122. The van der Waals surface area contributed by atoms with E-state index in [0.29, 0.717) is 66.5 Å². The van der Waals surface area contributed by atoms with Gasteiger partial charge in [-0.2, -0.15) is 0 Å². The Morgan fingerprint density at radius 3 is 2.54 bits per heavy atom. The van der Waals surface area contributed by atoms with Crippen LogP contribution in [0.3, 0.4) is 0 Å². The highest BCUT2D eigenvalue weighted by Crippen LogP contribution is 2.34. The quantitative estimate of drug-likeness (QED) is 0.367. The topological polar surface area (TPSA) is 71.4 Å². The predicted octanol–water partition coefficient (Wildman–Crippen LogP) is 5.50. The average molecular weight is 546 g/mol. The Labute approximate surface area is 230 Å². The Balaban J connectivity index is 1.28. The number of nitrogens with zero attached hydrogens (tertiary/aromatic N) is 3. The van der Waals surface area contributed by atoms with E-state index in [1.165, 1.54) is 23.9 Å². The van der Waals surface area contributed by atoms with E-state index in [1.807, 2.05) is 43.3 Å². The average Bonchev–Trinajstić information content (AvgIpc) is 3.26. The third-order valence-corrected chi connectivity index (χ3v) is 7.32. The summed E-state index contributed by atoms with van der Waals surface area (Å²) in [6.45, 7) is 4.94. The van der Waals surface area contributed by atoms with Gasteiger partial charge >= 0.3 is 0 Å². The minimum Gasteiger partial charge on any atom is -0.489 e. The zero-order valence-corrected chi connectivity index (χ0v) is 22.3. The molecule has 200 valence electrons. The number of hydrogen-bond acceptors (Lipinski definition) is 6. The summed E-state index contributed by atoms with van der Waals surface area (Å²) in [5.74, 6) is 0.237. The third-order valence-electron chi connectivity index (χ3n) is 6.32. The second kappa shape index (κ2) is 12.3. The van der Waals surface area contributed by atoms with Crippen molar-refractivity contribution in [1.29, 1.82) is 0 Å². The first-order valence-corrected chi connectivity index (χ1v) is 13.6. The molecular formula is C30H28FN3O4S. The van der Waals surface area contributed by atoms with Crippen molar-refractivity contribution >= 4 is 40.5 Å². The van der Waals surface area contributed by atoms with Gasteiger partial charge in [-0.15, -0.1) is 0 Å². The molecule has 0 radical (unpaired) electrons. The second-order valence-electron chi connectivity index (χ2n) is 8.99. The Bertz CT molecular complexity index is 1400. The number of aliphatic imine (C=N–C) groups is 1. The molecule has 9 heteroatoms. The molecule has 5 rings (SSSR count). The van der Waals surface area contributed by atoms with Gasteiger partial charge in [0, 0.05) is 25.2 Å². The lowest BCUT2D eigenvalue weighted by Gasteiger charge is -2.26. The summed E-state index contributed by atoms with van der Waals surface area (Å²) < 4.78 is 24.2. The van der Waals surface area contributed by atoms with Crippen LogP contribution in [-0.2, 0) is 16.1 Å². The number of hydrogen-bond donors (Lipinski definition) is 0. The van der Waals surface area contributed by atoms with Gasteiger partial charge in [-0.05, 0) is 78.4 Å². The number of amides is 2. The maximum absolute atomic E-state index is 13.1. The summed E-state index contributed by atoms with van der Waals surface area (Å²) in [6, 6.07) is 20.8. The van der Waals surface area contributed by atoms with Gasteiger partial charge < -0.3 is 14.4 Å². The first kappa shape index (κ1) is 26.6. The molecular weight excluding hydrogens is 517 g/mol. The van der Waals surface area contributed by atoms with Gasteiger partial charge in [0.25, 0.3) is 11.8 Å². The molecule has 0 bridgehead atoms. The number of thioether (sulfide) groups is 1. The van der Waals surface area contributed by atoms with E-state index in [9.17, 15) is 14.0 Å². The fourth-order valence-corrected chi connectivity index (χ4v) is 5.26. The molecule has 0 N–H and O–H groups in total. The van der Waals surface area contributed by atoms with E-state index in [1.54, 1.807) is 40.1 Å². The summed E-state index contributed by atoms with van der Waals surface area (Å²) >= 11 is 1.31. The van der Waals surface area contributed by atoms with Crippen LogP contribution in [0.15, 0.2) is 82.7 Å². The molecule has 7 nitrogen and oxygen atoms in total. The van der Waals surface area contributed by atoms with Gasteiger partial charge in [-0.1, -0.05) is 30.3 Å². The van der Waals surface area contributed by atoms with Crippen molar-refractivity contribution < 1.29 is 23.5 Å². The van der Waals surface area contributed by atoms with Crippen LogP contribution >= 0.6 is 11.8 Å². The molecule has 39 heavy (non-hydrogen) atoms. The lowest BCUT2D eigenvalue weighted by Crippen LogP contribution is -2.40. The van der Waals surface area contributed by atoms with Crippen molar-refractivity contribution in [3.05, 3.63) is 100 Å². The van der Waals surface area contributed by atoms with Crippen LogP contribution in [0, 0.1) is 5.82 Å². The normalized spacial score (nSPS) is 17.7. The second-order valence-corrected chi connectivity index (χ2v) is 10.0. The zero-order chi connectivity index (χ0) is 27.2. The largest absolute Gasteiger partial charge is 0.489 e. The monoisotopic (exact) mass is 545 g/mol. The Morgan fingerprint density at radius 1 is 1.08 bits per heavy atom. The molecule has 0 atom stereocenters. The number of likely N-dealkylation sites (N-methyl/N-ethyl adjacent to an activating group) is 1. The fraction of sp³-hybridized carbons (Fsp3) is 0.233. The smallest absolute Gasteiger partial charge is 0.266 e. The summed E-state index contributed by atoms with van der Waals surface area (Å²) in [7, 11) is 0. The summed E-state index contributed by atoms with van der Waals surface area (Å²) in [6.07, 6.45) is 1.83. The van der Waals surface area contributed by atoms with Crippen molar-refractivity contribution in [2.75, 3.05) is 32.8 Å². The highest BCUT2D eigenvalue weighted by molar-refractivity contribution is 8.18. The fourth-order valence-electron chi connectivity index (χ4n) is 4.20. The molecule has 2 amide bonds. The minimum absolute atomic E-state index is 0.0477. The minimum atomic E-state index is -0.280. The summed E-state index contributed by atoms with van der Waals surface area (Å²) in [5.41, 5.74) is 2.91. The molecule has 3 aromatic rings. The maximum atomic E-state index is 13.1. The highest BCUT2D eigenvalue weighted by atomic mass is 32.2. The van der Waals surface area contributed by atoms with Gasteiger partial charge in [-0.25, -0.2) is 9.38 Å². The van der Waals surface area contributed by atoms with Gasteiger partial charge in [0.1, 0.15) is 18.2 Å². The van der Waals surface area contributed by atoms with E-state index in [-0.39, 0.29) is 17.6 Å². The number of carbonyl (C=O) groups excluding carboxylic acids is 2. The summed E-state index contributed by atoms with van der Waals surface area (Å²) in [5, 5.41) is 0.573. The van der Waals surface area contributed by atoms with Crippen LogP contribution in [0.1, 0.15) is 28.4 Å². The van der Waals surface area contributed by atoms with Crippen molar-refractivity contribution in [3.8, 4) is 5.75 Å². The number of halogens is 1. The molecule has 0 aromatic heterocycles. The molecule has 3 aromatic carbocycles. The first-order chi connectivity index (χ1) is 19.0. The molecule has 2 aliphatic heterocycles. The van der Waals surface area contributed by atoms with E-state index in [2.05, 4.69) is 0 Å². The number of rotatable bonds is 7. The highest BCUT2D eigenvalue weighted by Gasteiger charge is 2.32. The van der Waals surface area contributed by atoms with E-state index < -0.39 is 0 Å². The third kappa shape index (κ3) is 6.55. The van der Waals surface area contributed by atoms with Crippen molar-refractivity contribution in [2.24, 2.45) is 4.99 Å². The van der Waals surface area contributed by atoms with Gasteiger partial charge in [0.15, 0.2) is 5.17 Å². The Kier molecular flexibility index (Phi) is 8.39. The van der Waals surface area contributed by atoms with E-state index in [4.69, 9.17) is 14.5 Å². The van der Waals surface area contributed by atoms with Crippen LogP contribution in [0.5, 0.6) is 5.75 Å². The molecule has 0 unspecified atom stereocenters. The van der Waals surface area contributed by atoms with E-state index in [0.717, 1.165) is 11.1 Å². The van der Waals surface area contributed by atoms with Gasteiger partial charge in [0.2, 0.25) is 0 Å². The molecule has 2 aliphatic rings.